The number of rotatable bonds is 4. The Bertz CT molecular complexity index is 453. The third-order valence-corrected chi connectivity index (χ3v) is 4.24. The van der Waals surface area contributed by atoms with Gasteiger partial charge in [0.25, 0.3) is 0 Å². The number of carbonyl (C=O) groups excluding carboxylic acids is 1. The first-order valence-electron chi connectivity index (χ1n) is 6.43. The van der Waals surface area contributed by atoms with E-state index in [9.17, 15) is 4.79 Å². The predicted molar refractivity (Wildman–Crippen MR) is 77.9 cm³/mol. The largest absolute Gasteiger partial charge is 0.379 e. The van der Waals surface area contributed by atoms with E-state index in [1.165, 1.54) is 0 Å². The van der Waals surface area contributed by atoms with E-state index in [4.69, 9.17) is 4.74 Å². The minimum absolute atomic E-state index is 0.0267. The van der Waals surface area contributed by atoms with Gasteiger partial charge in [0, 0.05) is 10.5 Å². The normalized spacial score (nSPS) is 24.2. The SMILES string of the molecule is CNC1COCC1C(=O)N[C@H](C)c1ccccc1Br. The van der Waals surface area contributed by atoms with E-state index in [1.807, 2.05) is 38.2 Å². The van der Waals surface area contributed by atoms with Crippen LogP contribution < -0.4 is 10.6 Å². The minimum Gasteiger partial charge on any atom is -0.379 e. The third kappa shape index (κ3) is 3.35. The van der Waals surface area contributed by atoms with Crippen LogP contribution in [0, 0.1) is 5.92 Å². The molecule has 1 heterocycles. The van der Waals surface area contributed by atoms with Crippen LogP contribution in [0.4, 0.5) is 0 Å². The molecule has 0 aromatic heterocycles. The van der Waals surface area contributed by atoms with E-state index < -0.39 is 0 Å². The van der Waals surface area contributed by atoms with Gasteiger partial charge in [-0.2, -0.15) is 0 Å². The van der Waals surface area contributed by atoms with Crippen molar-refractivity contribution in [3.8, 4) is 0 Å². The van der Waals surface area contributed by atoms with Crippen molar-refractivity contribution in [3.63, 3.8) is 0 Å². The first kappa shape index (κ1) is 14.5. The Hall–Kier alpha value is -0.910. The lowest BCUT2D eigenvalue weighted by atomic mass is 10.0. The monoisotopic (exact) mass is 326 g/mol. The Kier molecular flexibility index (Phi) is 4.96. The highest BCUT2D eigenvalue weighted by Gasteiger charge is 2.33. The molecule has 1 fully saturated rings. The highest BCUT2D eigenvalue weighted by atomic mass is 79.9. The van der Waals surface area contributed by atoms with Crippen molar-refractivity contribution in [3.05, 3.63) is 34.3 Å². The van der Waals surface area contributed by atoms with Crippen molar-refractivity contribution in [2.75, 3.05) is 20.3 Å². The van der Waals surface area contributed by atoms with Crippen LogP contribution in [-0.2, 0) is 9.53 Å². The second-order valence-electron chi connectivity index (χ2n) is 4.79. The van der Waals surface area contributed by atoms with Crippen molar-refractivity contribution in [1.82, 2.24) is 10.6 Å². The molecule has 0 saturated carbocycles. The predicted octanol–water partition coefficient (Wildman–Crippen LogP) is 1.86. The summed E-state index contributed by atoms with van der Waals surface area (Å²) in [5.41, 5.74) is 1.08. The number of carbonyl (C=O) groups is 1. The maximum absolute atomic E-state index is 12.3. The fourth-order valence-corrected chi connectivity index (χ4v) is 2.95. The van der Waals surface area contributed by atoms with Gasteiger partial charge >= 0.3 is 0 Å². The summed E-state index contributed by atoms with van der Waals surface area (Å²) in [7, 11) is 1.86. The molecule has 2 N–H and O–H groups in total. The standard InChI is InChI=1S/C14H19BrN2O2/c1-9(10-5-3-4-6-12(10)15)17-14(18)11-7-19-8-13(11)16-2/h3-6,9,11,13,16H,7-8H2,1-2H3,(H,17,18)/t9-,11?,13?/m1/s1. The number of amides is 1. The lowest BCUT2D eigenvalue weighted by molar-refractivity contribution is -0.126. The van der Waals surface area contributed by atoms with Gasteiger partial charge in [-0.15, -0.1) is 0 Å². The minimum atomic E-state index is -0.116. The average molecular weight is 327 g/mol. The van der Waals surface area contributed by atoms with Crippen LogP contribution >= 0.6 is 15.9 Å². The quantitative estimate of drug-likeness (QED) is 0.888. The zero-order valence-corrected chi connectivity index (χ0v) is 12.7. The Balaban J connectivity index is 2.01. The lowest BCUT2D eigenvalue weighted by Crippen LogP contribution is -2.43. The molecule has 2 rings (SSSR count). The van der Waals surface area contributed by atoms with Gasteiger partial charge in [-0.25, -0.2) is 0 Å². The number of hydrogen-bond donors (Lipinski definition) is 2. The van der Waals surface area contributed by atoms with Crippen molar-refractivity contribution < 1.29 is 9.53 Å². The summed E-state index contributed by atoms with van der Waals surface area (Å²) in [5.74, 6) is -0.0740. The van der Waals surface area contributed by atoms with Crippen LogP contribution in [0.3, 0.4) is 0 Å². The summed E-state index contributed by atoms with van der Waals surface area (Å²) in [6.45, 7) is 3.07. The van der Waals surface area contributed by atoms with Crippen molar-refractivity contribution in [1.29, 1.82) is 0 Å². The van der Waals surface area contributed by atoms with Crippen LogP contribution in [0.25, 0.3) is 0 Å². The molecule has 3 atom stereocenters. The Morgan fingerprint density at radius 1 is 1.42 bits per heavy atom. The summed E-state index contributed by atoms with van der Waals surface area (Å²) in [4.78, 5) is 12.3. The Morgan fingerprint density at radius 3 is 2.84 bits per heavy atom. The zero-order chi connectivity index (χ0) is 13.8. The topological polar surface area (TPSA) is 50.4 Å². The van der Waals surface area contributed by atoms with Gasteiger partial charge in [0.15, 0.2) is 0 Å². The third-order valence-electron chi connectivity index (χ3n) is 3.52. The summed E-state index contributed by atoms with van der Waals surface area (Å²) >= 11 is 3.51. The van der Waals surface area contributed by atoms with Gasteiger partial charge in [-0.1, -0.05) is 34.1 Å². The molecule has 4 nitrogen and oxygen atoms in total. The van der Waals surface area contributed by atoms with Gasteiger partial charge in [0.1, 0.15) is 0 Å². The molecule has 1 amide bonds. The maximum Gasteiger partial charge on any atom is 0.227 e. The van der Waals surface area contributed by atoms with Crippen LogP contribution in [0.5, 0.6) is 0 Å². The van der Waals surface area contributed by atoms with Gasteiger partial charge in [0.2, 0.25) is 5.91 Å². The van der Waals surface area contributed by atoms with Gasteiger partial charge in [0.05, 0.1) is 25.2 Å². The fourth-order valence-electron chi connectivity index (χ4n) is 2.32. The van der Waals surface area contributed by atoms with Crippen LogP contribution in [0.15, 0.2) is 28.7 Å². The molecule has 19 heavy (non-hydrogen) atoms. The van der Waals surface area contributed by atoms with Crippen LogP contribution in [-0.4, -0.2) is 32.2 Å². The van der Waals surface area contributed by atoms with Crippen molar-refractivity contribution >= 4 is 21.8 Å². The second-order valence-corrected chi connectivity index (χ2v) is 5.65. The Morgan fingerprint density at radius 2 is 2.16 bits per heavy atom. The molecular formula is C14H19BrN2O2. The van der Waals surface area contributed by atoms with E-state index in [1.54, 1.807) is 0 Å². The van der Waals surface area contributed by atoms with E-state index in [0.29, 0.717) is 13.2 Å². The molecule has 1 aliphatic heterocycles. The zero-order valence-electron chi connectivity index (χ0n) is 11.2. The highest BCUT2D eigenvalue weighted by Crippen LogP contribution is 2.23. The molecule has 2 unspecified atom stereocenters. The molecule has 1 aliphatic rings. The molecule has 1 aromatic rings. The van der Waals surface area contributed by atoms with Crippen LogP contribution in [0.2, 0.25) is 0 Å². The second kappa shape index (κ2) is 6.50. The molecule has 1 saturated heterocycles. The lowest BCUT2D eigenvalue weighted by Gasteiger charge is -2.21. The summed E-state index contributed by atoms with van der Waals surface area (Å²) in [5, 5.41) is 6.18. The summed E-state index contributed by atoms with van der Waals surface area (Å²) in [6, 6.07) is 8.00. The molecule has 1 aromatic carbocycles. The number of halogens is 1. The molecule has 0 bridgehead atoms. The molecule has 0 spiro atoms. The first-order valence-corrected chi connectivity index (χ1v) is 7.22. The first-order chi connectivity index (χ1) is 9.13. The molecular weight excluding hydrogens is 308 g/mol. The Labute approximate surface area is 122 Å². The smallest absolute Gasteiger partial charge is 0.227 e. The maximum atomic E-state index is 12.3. The van der Waals surface area contributed by atoms with Gasteiger partial charge in [-0.3, -0.25) is 4.79 Å². The van der Waals surface area contributed by atoms with Crippen molar-refractivity contribution in [2.24, 2.45) is 5.92 Å². The molecule has 0 radical (unpaired) electrons. The number of ether oxygens (including phenoxy) is 1. The van der Waals surface area contributed by atoms with E-state index >= 15 is 0 Å². The fraction of sp³-hybridized carbons (Fsp3) is 0.500. The van der Waals surface area contributed by atoms with Gasteiger partial charge in [-0.05, 0) is 25.6 Å². The van der Waals surface area contributed by atoms with E-state index in [-0.39, 0.29) is 23.9 Å². The average Bonchev–Trinajstić information content (AvgIpc) is 2.87. The number of benzene rings is 1. The van der Waals surface area contributed by atoms with E-state index in [0.717, 1.165) is 10.0 Å². The summed E-state index contributed by atoms with van der Waals surface area (Å²) < 4.78 is 6.37. The molecule has 0 aliphatic carbocycles. The summed E-state index contributed by atoms with van der Waals surface area (Å²) in [6.07, 6.45) is 0. The highest BCUT2D eigenvalue weighted by molar-refractivity contribution is 9.10. The molecule has 5 heteroatoms. The van der Waals surface area contributed by atoms with Gasteiger partial charge < -0.3 is 15.4 Å². The van der Waals surface area contributed by atoms with Crippen LogP contribution in [0.1, 0.15) is 18.5 Å². The molecule has 104 valence electrons. The van der Waals surface area contributed by atoms with E-state index in [2.05, 4.69) is 26.6 Å². The number of likely N-dealkylation sites (N-methyl/N-ethyl adjacent to an activating group) is 1. The number of hydrogen-bond acceptors (Lipinski definition) is 3. The number of nitrogens with one attached hydrogen (secondary N) is 2. The van der Waals surface area contributed by atoms with Crippen molar-refractivity contribution in [2.45, 2.75) is 19.0 Å².